The molecule has 0 aromatic carbocycles. The molecular weight excluding hydrogens is 326 g/mol. The molecule has 0 saturated carbocycles. The number of carbonyl (C=O) groups is 1. The number of anilines is 2. The number of likely N-dealkylation sites (tertiary alicyclic amines) is 1. The summed E-state index contributed by atoms with van der Waals surface area (Å²) in [7, 11) is 1.54. The number of methoxy groups -OCH3 is 1. The third-order valence-electron chi connectivity index (χ3n) is 4.00. The van der Waals surface area contributed by atoms with Crippen molar-refractivity contribution in [2.45, 2.75) is 25.7 Å². The second-order valence-corrected chi connectivity index (χ2v) is 6.68. The summed E-state index contributed by atoms with van der Waals surface area (Å²) in [6, 6.07) is 0. The van der Waals surface area contributed by atoms with E-state index in [4.69, 9.17) is 4.74 Å². The van der Waals surface area contributed by atoms with Crippen LogP contribution in [0.2, 0.25) is 0 Å². The molecule has 1 aliphatic heterocycles. The van der Waals surface area contributed by atoms with E-state index in [1.807, 2.05) is 17.2 Å². The molecule has 1 N–H and O–H groups in total. The van der Waals surface area contributed by atoms with Crippen molar-refractivity contribution in [2.24, 2.45) is 0 Å². The maximum Gasteiger partial charge on any atom is 0.248 e. The summed E-state index contributed by atoms with van der Waals surface area (Å²) in [5.41, 5.74) is 1.86. The van der Waals surface area contributed by atoms with E-state index in [1.54, 1.807) is 30.8 Å². The van der Waals surface area contributed by atoms with Crippen molar-refractivity contribution in [1.29, 1.82) is 0 Å². The van der Waals surface area contributed by atoms with Gasteiger partial charge in [-0.05, 0) is 19.8 Å². The summed E-state index contributed by atoms with van der Waals surface area (Å²) in [4.78, 5) is 27.3. The molecule has 0 radical (unpaired) electrons. The number of carbonyl (C=O) groups excluding carboxylic acids is 1. The van der Waals surface area contributed by atoms with E-state index in [2.05, 4.69) is 20.3 Å². The zero-order chi connectivity index (χ0) is 16.9. The molecule has 3 rings (SSSR count). The number of aromatic nitrogens is 3. The molecule has 24 heavy (non-hydrogen) atoms. The van der Waals surface area contributed by atoms with E-state index >= 15 is 0 Å². The fourth-order valence-electron chi connectivity index (χ4n) is 2.90. The molecule has 1 atom stereocenters. The fraction of sp³-hybridized carbons (Fsp3) is 0.500. The van der Waals surface area contributed by atoms with Gasteiger partial charge in [0.2, 0.25) is 5.91 Å². The SMILES string of the molecule is COCC(=O)N1CCC[C@H](c2nccnc2Nc2nc(C)cs2)C1. The summed E-state index contributed by atoms with van der Waals surface area (Å²) < 4.78 is 4.96. The van der Waals surface area contributed by atoms with Crippen molar-refractivity contribution in [1.82, 2.24) is 19.9 Å². The first-order valence-electron chi connectivity index (χ1n) is 7.94. The molecule has 1 aliphatic rings. The number of aryl methyl sites for hydroxylation is 1. The van der Waals surface area contributed by atoms with Crippen LogP contribution in [0.15, 0.2) is 17.8 Å². The molecule has 1 fully saturated rings. The number of thiazole rings is 1. The molecule has 128 valence electrons. The van der Waals surface area contributed by atoms with Crippen LogP contribution in [0.5, 0.6) is 0 Å². The Morgan fingerprint density at radius 3 is 3.04 bits per heavy atom. The summed E-state index contributed by atoms with van der Waals surface area (Å²) in [6.07, 6.45) is 5.31. The lowest BCUT2D eigenvalue weighted by molar-refractivity contribution is -0.136. The Bertz CT molecular complexity index is 705. The standard InChI is InChI=1S/C16H21N5O2S/c1-11-10-24-16(19-11)20-15-14(17-5-6-18-15)12-4-3-7-21(8-12)13(22)9-23-2/h5-6,10,12H,3-4,7-9H2,1-2H3,(H,18,19,20)/t12-/m0/s1. The average molecular weight is 347 g/mol. The summed E-state index contributed by atoms with van der Waals surface area (Å²) in [5.74, 6) is 0.908. The molecule has 0 unspecified atom stereocenters. The van der Waals surface area contributed by atoms with E-state index < -0.39 is 0 Å². The molecule has 0 spiro atoms. The predicted octanol–water partition coefficient (Wildman–Crippen LogP) is 2.34. The molecule has 3 heterocycles. The van der Waals surface area contributed by atoms with Gasteiger partial charge in [-0.25, -0.2) is 9.97 Å². The average Bonchev–Trinajstić information content (AvgIpc) is 3.01. The Balaban J connectivity index is 1.77. The van der Waals surface area contributed by atoms with Gasteiger partial charge in [0.05, 0.1) is 11.4 Å². The first kappa shape index (κ1) is 16.8. The molecule has 2 aromatic heterocycles. The number of rotatable bonds is 5. The minimum atomic E-state index is 0.0242. The van der Waals surface area contributed by atoms with E-state index in [9.17, 15) is 4.79 Å². The van der Waals surface area contributed by atoms with Gasteiger partial charge >= 0.3 is 0 Å². The largest absolute Gasteiger partial charge is 0.375 e. The third kappa shape index (κ3) is 3.88. The second kappa shape index (κ2) is 7.67. The molecule has 1 amide bonds. The van der Waals surface area contributed by atoms with E-state index in [0.29, 0.717) is 6.54 Å². The van der Waals surface area contributed by atoms with Crippen molar-refractivity contribution < 1.29 is 9.53 Å². The van der Waals surface area contributed by atoms with Gasteiger partial charge in [0, 0.05) is 43.9 Å². The maximum atomic E-state index is 12.1. The van der Waals surface area contributed by atoms with Crippen LogP contribution >= 0.6 is 11.3 Å². The van der Waals surface area contributed by atoms with Gasteiger partial charge in [-0.2, -0.15) is 0 Å². The first-order chi connectivity index (χ1) is 11.7. The Hall–Kier alpha value is -2.06. The second-order valence-electron chi connectivity index (χ2n) is 5.82. The van der Waals surface area contributed by atoms with Gasteiger partial charge in [-0.15, -0.1) is 11.3 Å². The number of hydrogen-bond acceptors (Lipinski definition) is 7. The van der Waals surface area contributed by atoms with Crippen LogP contribution in [-0.2, 0) is 9.53 Å². The van der Waals surface area contributed by atoms with Crippen LogP contribution in [-0.4, -0.2) is 52.6 Å². The number of nitrogens with one attached hydrogen (secondary N) is 1. The monoisotopic (exact) mass is 347 g/mol. The van der Waals surface area contributed by atoms with Gasteiger partial charge < -0.3 is 15.0 Å². The molecule has 7 nitrogen and oxygen atoms in total. The van der Waals surface area contributed by atoms with Crippen LogP contribution in [0.25, 0.3) is 0 Å². The summed E-state index contributed by atoms with van der Waals surface area (Å²) in [6.45, 7) is 3.50. The van der Waals surface area contributed by atoms with Gasteiger partial charge in [0.25, 0.3) is 0 Å². The number of ether oxygens (including phenoxy) is 1. The molecule has 8 heteroatoms. The van der Waals surface area contributed by atoms with Gasteiger partial charge in [-0.1, -0.05) is 0 Å². The predicted molar refractivity (Wildman–Crippen MR) is 92.6 cm³/mol. The van der Waals surface area contributed by atoms with Crippen LogP contribution in [0.3, 0.4) is 0 Å². The number of nitrogens with zero attached hydrogens (tertiary/aromatic N) is 4. The lowest BCUT2D eigenvalue weighted by Crippen LogP contribution is -2.41. The third-order valence-corrected chi connectivity index (χ3v) is 4.88. The highest BCUT2D eigenvalue weighted by Gasteiger charge is 2.27. The lowest BCUT2D eigenvalue weighted by Gasteiger charge is -2.32. The van der Waals surface area contributed by atoms with E-state index in [1.165, 1.54) is 0 Å². The van der Waals surface area contributed by atoms with Crippen LogP contribution in [0.4, 0.5) is 10.9 Å². The Labute approximate surface area is 145 Å². The first-order valence-corrected chi connectivity index (χ1v) is 8.82. The normalized spacial score (nSPS) is 17.8. The topological polar surface area (TPSA) is 80.2 Å². The molecule has 1 saturated heterocycles. The molecule has 0 aliphatic carbocycles. The summed E-state index contributed by atoms with van der Waals surface area (Å²) >= 11 is 1.54. The Morgan fingerprint density at radius 1 is 1.46 bits per heavy atom. The molecule has 0 bridgehead atoms. The van der Waals surface area contributed by atoms with E-state index in [0.717, 1.165) is 41.7 Å². The zero-order valence-electron chi connectivity index (χ0n) is 13.9. The minimum absolute atomic E-state index is 0.0242. The quantitative estimate of drug-likeness (QED) is 0.894. The zero-order valence-corrected chi connectivity index (χ0v) is 14.7. The number of amides is 1. The fourth-order valence-corrected chi connectivity index (χ4v) is 3.59. The Morgan fingerprint density at radius 2 is 2.29 bits per heavy atom. The van der Waals surface area contributed by atoms with E-state index in [-0.39, 0.29) is 18.4 Å². The van der Waals surface area contributed by atoms with Crippen LogP contribution in [0, 0.1) is 6.92 Å². The highest BCUT2D eigenvalue weighted by Crippen LogP contribution is 2.31. The number of hydrogen-bond donors (Lipinski definition) is 1. The molecule has 2 aromatic rings. The summed E-state index contributed by atoms with van der Waals surface area (Å²) in [5, 5.41) is 6.06. The highest BCUT2D eigenvalue weighted by molar-refractivity contribution is 7.13. The van der Waals surface area contributed by atoms with Gasteiger partial charge in [0.1, 0.15) is 6.61 Å². The van der Waals surface area contributed by atoms with Crippen LogP contribution < -0.4 is 5.32 Å². The van der Waals surface area contributed by atoms with Crippen molar-refractivity contribution in [3.05, 3.63) is 29.2 Å². The van der Waals surface area contributed by atoms with Crippen LogP contribution in [0.1, 0.15) is 30.1 Å². The molecular formula is C16H21N5O2S. The van der Waals surface area contributed by atoms with Gasteiger partial charge in [-0.3, -0.25) is 9.78 Å². The maximum absolute atomic E-state index is 12.1. The lowest BCUT2D eigenvalue weighted by atomic mass is 9.94. The highest BCUT2D eigenvalue weighted by atomic mass is 32.1. The van der Waals surface area contributed by atoms with Gasteiger partial charge in [0.15, 0.2) is 10.9 Å². The van der Waals surface area contributed by atoms with Crippen molar-refractivity contribution in [2.75, 3.05) is 32.1 Å². The van der Waals surface area contributed by atoms with Crippen molar-refractivity contribution in [3.63, 3.8) is 0 Å². The number of piperidine rings is 1. The van der Waals surface area contributed by atoms with Crippen molar-refractivity contribution in [3.8, 4) is 0 Å². The minimum Gasteiger partial charge on any atom is -0.375 e. The Kier molecular flexibility index (Phi) is 5.37. The smallest absolute Gasteiger partial charge is 0.248 e. The van der Waals surface area contributed by atoms with Crippen molar-refractivity contribution >= 4 is 28.2 Å².